The number of nitrogens with one attached hydrogen (secondary N) is 1. The van der Waals surface area contributed by atoms with E-state index >= 15 is 0 Å². The van der Waals surface area contributed by atoms with Crippen LogP contribution >= 0.6 is 22.9 Å². The fourth-order valence-electron chi connectivity index (χ4n) is 1.25. The van der Waals surface area contributed by atoms with Gasteiger partial charge in [0.05, 0.1) is 10.7 Å². The summed E-state index contributed by atoms with van der Waals surface area (Å²) in [5.74, 6) is 0.629. The molecule has 3 N–H and O–H groups in total. The van der Waals surface area contributed by atoms with Crippen LogP contribution in [0, 0.1) is 0 Å². The molecule has 0 saturated carbocycles. The van der Waals surface area contributed by atoms with E-state index < -0.39 is 0 Å². The van der Waals surface area contributed by atoms with Gasteiger partial charge in [0.15, 0.2) is 5.82 Å². The van der Waals surface area contributed by atoms with Crippen molar-refractivity contribution in [1.82, 2.24) is 9.97 Å². The van der Waals surface area contributed by atoms with E-state index in [1.165, 1.54) is 0 Å². The smallest absolute Gasteiger partial charge is 0.150 e. The van der Waals surface area contributed by atoms with Crippen LogP contribution < -0.4 is 11.1 Å². The molecular formula is C10H11ClN4S. The van der Waals surface area contributed by atoms with Gasteiger partial charge in [-0.1, -0.05) is 11.6 Å². The number of halogens is 1. The first-order chi connectivity index (χ1) is 7.75. The van der Waals surface area contributed by atoms with E-state index in [1.807, 2.05) is 5.38 Å². The van der Waals surface area contributed by atoms with E-state index in [0.29, 0.717) is 16.7 Å². The number of pyridine rings is 1. The number of thiazole rings is 1. The lowest BCUT2D eigenvalue weighted by Gasteiger charge is -2.07. The Morgan fingerprint density at radius 1 is 1.44 bits per heavy atom. The predicted molar refractivity (Wildman–Crippen MR) is 68.0 cm³/mol. The quantitative estimate of drug-likeness (QED) is 0.823. The molecule has 0 amide bonds. The average molecular weight is 255 g/mol. The molecule has 0 radical (unpaired) electrons. The summed E-state index contributed by atoms with van der Waals surface area (Å²) in [6.45, 7) is 0.741. The van der Waals surface area contributed by atoms with E-state index in [9.17, 15) is 0 Å². The standard InChI is InChI=1S/C10H11ClN4S/c11-8-2-1-7(12)10(15-8)14-4-3-9-13-5-6-16-9/h1-2,5-6H,3-4,12H2,(H,14,15). The van der Waals surface area contributed by atoms with Gasteiger partial charge in [0.2, 0.25) is 0 Å². The van der Waals surface area contributed by atoms with E-state index in [1.54, 1.807) is 29.7 Å². The highest BCUT2D eigenvalue weighted by molar-refractivity contribution is 7.09. The Morgan fingerprint density at radius 3 is 3.06 bits per heavy atom. The van der Waals surface area contributed by atoms with Crippen molar-refractivity contribution in [2.24, 2.45) is 0 Å². The van der Waals surface area contributed by atoms with E-state index in [0.717, 1.165) is 18.0 Å². The lowest BCUT2D eigenvalue weighted by atomic mass is 10.3. The molecule has 6 heteroatoms. The van der Waals surface area contributed by atoms with E-state index in [2.05, 4.69) is 15.3 Å². The molecule has 2 rings (SSSR count). The number of hydrogen-bond acceptors (Lipinski definition) is 5. The maximum atomic E-state index is 5.78. The van der Waals surface area contributed by atoms with Gasteiger partial charge in [0.25, 0.3) is 0 Å². The lowest BCUT2D eigenvalue weighted by Crippen LogP contribution is -2.08. The molecular weight excluding hydrogens is 244 g/mol. The third-order valence-electron chi connectivity index (χ3n) is 2.01. The molecule has 0 bridgehead atoms. The van der Waals surface area contributed by atoms with Crippen LogP contribution in [0.25, 0.3) is 0 Å². The summed E-state index contributed by atoms with van der Waals surface area (Å²) in [6.07, 6.45) is 2.65. The molecule has 0 aliphatic carbocycles. The highest BCUT2D eigenvalue weighted by Gasteiger charge is 2.01. The van der Waals surface area contributed by atoms with Crippen LogP contribution in [0.15, 0.2) is 23.7 Å². The van der Waals surface area contributed by atoms with Gasteiger partial charge < -0.3 is 11.1 Å². The van der Waals surface area contributed by atoms with Crippen LogP contribution in [-0.4, -0.2) is 16.5 Å². The molecule has 2 aromatic heterocycles. The van der Waals surface area contributed by atoms with Crippen molar-refractivity contribution in [2.45, 2.75) is 6.42 Å². The number of aromatic nitrogens is 2. The molecule has 0 saturated heterocycles. The maximum Gasteiger partial charge on any atom is 0.150 e. The summed E-state index contributed by atoms with van der Waals surface area (Å²) in [5, 5.41) is 6.62. The van der Waals surface area contributed by atoms with Gasteiger partial charge in [-0.05, 0) is 12.1 Å². The first-order valence-electron chi connectivity index (χ1n) is 4.80. The summed E-state index contributed by atoms with van der Waals surface area (Å²) < 4.78 is 0. The van der Waals surface area contributed by atoms with Gasteiger partial charge in [-0.25, -0.2) is 9.97 Å². The minimum atomic E-state index is 0.436. The second-order valence-electron chi connectivity index (χ2n) is 3.17. The van der Waals surface area contributed by atoms with E-state index in [-0.39, 0.29) is 0 Å². The molecule has 0 fully saturated rings. The zero-order valence-electron chi connectivity index (χ0n) is 8.48. The number of nitrogens with two attached hydrogens (primary N) is 1. The molecule has 16 heavy (non-hydrogen) atoms. The van der Waals surface area contributed by atoms with Crippen LogP contribution in [0.1, 0.15) is 5.01 Å². The number of anilines is 2. The molecule has 0 unspecified atom stereocenters. The summed E-state index contributed by atoms with van der Waals surface area (Å²) in [7, 11) is 0. The summed E-state index contributed by atoms with van der Waals surface area (Å²) >= 11 is 7.41. The molecule has 0 aliphatic rings. The van der Waals surface area contributed by atoms with Gasteiger partial charge in [-0.2, -0.15) is 0 Å². The summed E-state index contributed by atoms with van der Waals surface area (Å²) in [5.41, 5.74) is 6.35. The Labute approximate surface area is 102 Å². The number of rotatable bonds is 4. The second-order valence-corrected chi connectivity index (χ2v) is 4.54. The second kappa shape index (κ2) is 5.14. The van der Waals surface area contributed by atoms with Crippen molar-refractivity contribution in [3.05, 3.63) is 33.9 Å². The van der Waals surface area contributed by atoms with Gasteiger partial charge in [0.1, 0.15) is 5.15 Å². The first kappa shape index (κ1) is 11.2. The monoisotopic (exact) mass is 254 g/mol. The normalized spacial score (nSPS) is 10.3. The Balaban J connectivity index is 1.92. The third kappa shape index (κ3) is 2.84. The summed E-state index contributed by atoms with van der Waals surface area (Å²) in [4.78, 5) is 8.29. The van der Waals surface area contributed by atoms with Crippen LogP contribution in [0.2, 0.25) is 5.15 Å². The first-order valence-corrected chi connectivity index (χ1v) is 6.06. The van der Waals surface area contributed by atoms with Gasteiger partial charge in [-0.3, -0.25) is 0 Å². The Bertz CT molecular complexity index is 458. The highest BCUT2D eigenvalue weighted by atomic mass is 35.5. The fourth-order valence-corrected chi connectivity index (χ4v) is 2.02. The minimum absolute atomic E-state index is 0.436. The van der Waals surface area contributed by atoms with Crippen molar-refractivity contribution in [3.8, 4) is 0 Å². The molecule has 0 aromatic carbocycles. The maximum absolute atomic E-state index is 5.78. The van der Waals surface area contributed by atoms with Crippen molar-refractivity contribution in [3.63, 3.8) is 0 Å². The molecule has 0 aliphatic heterocycles. The number of hydrogen-bond donors (Lipinski definition) is 2. The van der Waals surface area contributed by atoms with Crippen LogP contribution in [0.4, 0.5) is 11.5 Å². The molecule has 2 heterocycles. The van der Waals surface area contributed by atoms with Crippen LogP contribution in [0.3, 0.4) is 0 Å². The summed E-state index contributed by atoms with van der Waals surface area (Å²) in [6, 6.07) is 3.41. The average Bonchev–Trinajstić information content (AvgIpc) is 2.76. The lowest BCUT2D eigenvalue weighted by molar-refractivity contribution is 0.988. The van der Waals surface area contributed by atoms with Crippen molar-refractivity contribution < 1.29 is 0 Å². The molecule has 0 atom stereocenters. The topological polar surface area (TPSA) is 63.8 Å². The molecule has 0 spiro atoms. The molecule has 4 nitrogen and oxygen atoms in total. The van der Waals surface area contributed by atoms with Gasteiger partial charge in [-0.15, -0.1) is 11.3 Å². The molecule has 84 valence electrons. The Morgan fingerprint density at radius 2 is 2.31 bits per heavy atom. The predicted octanol–water partition coefficient (Wildman–Crippen LogP) is 2.43. The number of nitrogens with zero attached hydrogens (tertiary/aromatic N) is 2. The third-order valence-corrected chi connectivity index (χ3v) is 3.06. The van der Waals surface area contributed by atoms with Crippen molar-refractivity contribution in [1.29, 1.82) is 0 Å². The Kier molecular flexibility index (Phi) is 3.58. The van der Waals surface area contributed by atoms with Crippen molar-refractivity contribution in [2.75, 3.05) is 17.6 Å². The molecule has 2 aromatic rings. The van der Waals surface area contributed by atoms with Crippen LogP contribution in [-0.2, 0) is 6.42 Å². The van der Waals surface area contributed by atoms with E-state index in [4.69, 9.17) is 17.3 Å². The van der Waals surface area contributed by atoms with Gasteiger partial charge >= 0.3 is 0 Å². The Hall–Kier alpha value is -1.33. The highest BCUT2D eigenvalue weighted by Crippen LogP contribution is 2.18. The van der Waals surface area contributed by atoms with Crippen molar-refractivity contribution >= 4 is 34.4 Å². The zero-order chi connectivity index (χ0) is 11.4. The largest absolute Gasteiger partial charge is 0.396 e. The fraction of sp³-hybridized carbons (Fsp3) is 0.200. The number of nitrogen functional groups attached to an aromatic ring is 1. The van der Waals surface area contributed by atoms with Crippen LogP contribution in [0.5, 0.6) is 0 Å². The zero-order valence-corrected chi connectivity index (χ0v) is 10.1. The van der Waals surface area contributed by atoms with Gasteiger partial charge in [0, 0.05) is 24.5 Å². The minimum Gasteiger partial charge on any atom is -0.396 e. The SMILES string of the molecule is Nc1ccc(Cl)nc1NCCc1nccs1.